The molecule has 28 heavy (non-hydrogen) atoms. The van der Waals surface area contributed by atoms with E-state index < -0.39 is 17.7 Å². The molecule has 6 nitrogen and oxygen atoms in total. The standard InChI is InChI=1S/C20H20BrNO5S/c1-27-20(26)18-14(16(23)19(24)25)15(21)17(28-18)11-6-5-9-13(10-11)22-12-7-3-2-4-8-12/h5-6,9-10,12,22H,2-4,7-8H2,1H3,(H,24,25). The zero-order valence-corrected chi connectivity index (χ0v) is 17.7. The number of benzene rings is 1. The predicted octanol–water partition coefficient (Wildman–Crippen LogP) is 4.98. The summed E-state index contributed by atoms with van der Waals surface area (Å²) in [4.78, 5) is 36.0. The number of aliphatic carboxylic acids is 1. The summed E-state index contributed by atoms with van der Waals surface area (Å²) in [7, 11) is 1.19. The second kappa shape index (κ2) is 8.87. The maximum Gasteiger partial charge on any atom is 0.377 e. The molecule has 0 aliphatic heterocycles. The Bertz CT molecular complexity index is 917. The third-order valence-electron chi connectivity index (χ3n) is 4.74. The Kier molecular flexibility index (Phi) is 6.51. The smallest absolute Gasteiger partial charge is 0.377 e. The van der Waals surface area contributed by atoms with Crippen LogP contribution in [-0.2, 0) is 9.53 Å². The fourth-order valence-corrected chi connectivity index (χ4v) is 5.46. The van der Waals surface area contributed by atoms with Crippen LogP contribution in [0.2, 0.25) is 0 Å². The molecule has 2 N–H and O–H groups in total. The molecule has 0 bridgehead atoms. The molecule has 0 saturated heterocycles. The van der Waals surface area contributed by atoms with Crippen molar-refractivity contribution in [2.75, 3.05) is 12.4 Å². The fourth-order valence-electron chi connectivity index (χ4n) is 3.38. The van der Waals surface area contributed by atoms with Gasteiger partial charge in [-0.25, -0.2) is 9.59 Å². The predicted molar refractivity (Wildman–Crippen MR) is 111 cm³/mol. The Hall–Kier alpha value is -2.19. The van der Waals surface area contributed by atoms with Gasteiger partial charge in [-0.3, -0.25) is 4.79 Å². The Morgan fingerprint density at radius 3 is 2.57 bits per heavy atom. The average molecular weight is 466 g/mol. The zero-order chi connectivity index (χ0) is 20.3. The zero-order valence-electron chi connectivity index (χ0n) is 15.3. The van der Waals surface area contributed by atoms with Crippen molar-refractivity contribution in [1.82, 2.24) is 0 Å². The SMILES string of the molecule is COC(=O)c1sc(-c2cccc(NC3CCCCC3)c2)c(Br)c1C(=O)C(=O)O. The monoisotopic (exact) mass is 465 g/mol. The van der Waals surface area contributed by atoms with Crippen molar-refractivity contribution in [3.63, 3.8) is 0 Å². The van der Waals surface area contributed by atoms with E-state index in [4.69, 9.17) is 9.84 Å². The highest BCUT2D eigenvalue weighted by Gasteiger charge is 2.31. The lowest BCUT2D eigenvalue weighted by molar-refractivity contribution is -0.131. The number of carboxylic acid groups (broad SMARTS) is 1. The number of carboxylic acids is 1. The molecule has 2 aromatic rings. The van der Waals surface area contributed by atoms with Gasteiger partial charge in [0.2, 0.25) is 0 Å². The van der Waals surface area contributed by atoms with Crippen molar-refractivity contribution in [2.24, 2.45) is 0 Å². The minimum absolute atomic E-state index is 0.0255. The Labute approximate surface area is 175 Å². The molecule has 1 heterocycles. The fraction of sp³-hybridized carbons (Fsp3) is 0.350. The molecule has 0 amide bonds. The topological polar surface area (TPSA) is 92.7 Å². The molecule has 148 valence electrons. The average Bonchev–Trinajstić information content (AvgIpc) is 3.04. The second-order valence-corrected chi connectivity index (χ2v) is 8.45. The number of thiophene rings is 1. The first-order valence-electron chi connectivity index (χ1n) is 8.97. The Balaban J connectivity index is 1.99. The van der Waals surface area contributed by atoms with Gasteiger partial charge >= 0.3 is 11.9 Å². The van der Waals surface area contributed by atoms with Crippen LogP contribution in [0.15, 0.2) is 28.7 Å². The summed E-state index contributed by atoms with van der Waals surface area (Å²) in [5.74, 6) is -3.51. The first kappa shape index (κ1) is 20.5. The highest BCUT2D eigenvalue weighted by Crippen LogP contribution is 2.42. The summed E-state index contributed by atoms with van der Waals surface area (Å²) >= 11 is 4.37. The molecule has 0 spiro atoms. The Morgan fingerprint density at radius 2 is 1.93 bits per heavy atom. The number of anilines is 1. The first-order valence-corrected chi connectivity index (χ1v) is 10.6. The number of ether oxygens (including phenoxy) is 1. The molecule has 1 aliphatic rings. The van der Waals surface area contributed by atoms with E-state index in [-0.39, 0.29) is 10.4 Å². The maximum atomic E-state index is 12.1. The summed E-state index contributed by atoms with van der Waals surface area (Å²) in [5.41, 5.74) is 1.56. The quantitative estimate of drug-likeness (QED) is 0.355. The molecule has 0 unspecified atom stereocenters. The highest BCUT2D eigenvalue weighted by molar-refractivity contribution is 9.10. The normalized spacial score (nSPS) is 14.5. The van der Waals surface area contributed by atoms with Gasteiger partial charge in [-0.05, 0) is 46.5 Å². The number of Topliss-reactive ketones (excluding diaryl/α,β-unsaturated/α-hetero) is 1. The van der Waals surface area contributed by atoms with Crippen molar-refractivity contribution in [3.8, 4) is 10.4 Å². The van der Waals surface area contributed by atoms with E-state index in [9.17, 15) is 14.4 Å². The van der Waals surface area contributed by atoms with Crippen LogP contribution in [0.5, 0.6) is 0 Å². The van der Waals surface area contributed by atoms with E-state index >= 15 is 0 Å². The van der Waals surface area contributed by atoms with Gasteiger partial charge < -0.3 is 15.2 Å². The van der Waals surface area contributed by atoms with Crippen molar-refractivity contribution >= 4 is 50.7 Å². The van der Waals surface area contributed by atoms with Crippen LogP contribution < -0.4 is 5.32 Å². The molecule has 0 radical (unpaired) electrons. The number of nitrogens with one attached hydrogen (secondary N) is 1. The van der Waals surface area contributed by atoms with Crippen LogP contribution in [-0.4, -0.2) is 36.0 Å². The van der Waals surface area contributed by atoms with Crippen LogP contribution >= 0.6 is 27.3 Å². The van der Waals surface area contributed by atoms with E-state index in [0.29, 0.717) is 15.4 Å². The summed E-state index contributed by atoms with van der Waals surface area (Å²) in [6.07, 6.45) is 5.98. The summed E-state index contributed by atoms with van der Waals surface area (Å²) in [6.45, 7) is 0. The molecule has 1 fully saturated rings. The number of carbonyl (C=O) groups is 3. The van der Waals surface area contributed by atoms with Gasteiger partial charge in [0.05, 0.1) is 17.6 Å². The highest BCUT2D eigenvalue weighted by atomic mass is 79.9. The molecule has 0 atom stereocenters. The van der Waals surface area contributed by atoms with Gasteiger partial charge in [0.25, 0.3) is 5.78 Å². The van der Waals surface area contributed by atoms with Gasteiger partial charge in [0, 0.05) is 16.2 Å². The van der Waals surface area contributed by atoms with E-state index in [1.165, 1.54) is 26.4 Å². The molecule has 1 aromatic carbocycles. The molecular weight excluding hydrogens is 446 g/mol. The number of ketones is 1. The first-order chi connectivity index (χ1) is 13.4. The van der Waals surface area contributed by atoms with Crippen LogP contribution in [0.1, 0.15) is 52.1 Å². The van der Waals surface area contributed by atoms with E-state index in [0.717, 1.165) is 35.4 Å². The van der Waals surface area contributed by atoms with E-state index in [2.05, 4.69) is 21.2 Å². The summed E-state index contributed by atoms with van der Waals surface area (Å²) in [5, 5.41) is 12.7. The second-order valence-electron chi connectivity index (χ2n) is 6.64. The molecule has 1 saturated carbocycles. The van der Waals surface area contributed by atoms with Crippen LogP contribution in [0, 0.1) is 0 Å². The number of carbonyl (C=O) groups excluding carboxylic acids is 2. The molecular formula is C20H20BrNO5S. The lowest BCUT2D eigenvalue weighted by Gasteiger charge is -2.24. The Morgan fingerprint density at radius 1 is 1.21 bits per heavy atom. The lowest BCUT2D eigenvalue weighted by atomic mass is 9.95. The molecule has 8 heteroatoms. The van der Waals surface area contributed by atoms with Crippen molar-refractivity contribution < 1.29 is 24.2 Å². The van der Waals surface area contributed by atoms with Crippen LogP contribution in [0.3, 0.4) is 0 Å². The van der Waals surface area contributed by atoms with Gasteiger partial charge in [-0.15, -0.1) is 11.3 Å². The van der Waals surface area contributed by atoms with Crippen molar-refractivity contribution in [1.29, 1.82) is 0 Å². The minimum Gasteiger partial charge on any atom is -0.475 e. The largest absolute Gasteiger partial charge is 0.475 e. The number of rotatable bonds is 6. The van der Waals surface area contributed by atoms with Crippen LogP contribution in [0.4, 0.5) is 5.69 Å². The van der Waals surface area contributed by atoms with Crippen molar-refractivity contribution in [3.05, 3.63) is 39.2 Å². The summed E-state index contributed by atoms with van der Waals surface area (Å²) < 4.78 is 5.02. The van der Waals surface area contributed by atoms with Crippen molar-refractivity contribution in [2.45, 2.75) is 38.1 Å². The third kappa shape index (κ3) is 4.28. The van der Waals surface area contributed by atoms with E-state index in [1.54, 1.807) is 0 Å². The number of halogens is 1. The molecule has 3 rings (SSSR count). The lowest BCUT2D eigenvalue weighted by Crippen LogP contribution is -2.22. The summed E-state index contributed by atoms with van der Waals surface area (Å²) in [6, 6.07) is 8.11. The molecule has 1 aliphatic carbocycles. The van der Waals surface area contributed by atoms with E-state index in [1.807, 2.05) is 24.3 Å². The van der Waals surface area contributed by atoms with Gasteiger partial charge in [0.1, 0.15) is 4.88 Å². The minimum atomic E-state index is -1.62. The van der Waals surface area contributed by atoms with Gasteiger partial charge in [-0.1, -0.05) is 31.4 Å². The number of hydrogen-bond donors (Lipinski definition) is 2. The van der Waals surface area contributed by atoms with Gasteiger partial charge in [-0.2, -0.15) is 0 Å². The maximum absolute atomic E-state index is 12.1. The number of hydrogen-bond acceptors (Lipinski definition) is 6. The van der Waals surface area contributed by atoms with Crippen LogP contribution in [0.25, 0.3) is 10.4 Å². The number of methoxy groups -OCH3 is 1. The number of esters is 1. The third-order valence-corrected chi connectivity index (χ3v) is 7.02. The molecule has 1 aromatic heterocycles. The van der Waals surface area contributed by atoms with Gasteiger partial charge in [0.15, 0.2) is 0 Å².